The zero-order valence-corrected chi connectivity index (χ0v) is 13.7. The number of pyridine rings is 1. The molecule has 0 aliphatic carbocycles. The van der Waals surface area contributed by atoms with E-state index < -0.39 is 0 Å². The summed E-state index contributed by atoms with van der Waals surface area (Å²) >= 11 is 6.86. The van der Waals surface area contributed by atoms with Crippen molar-refractivity contribution in [2.24, 2.45) is 0 Å². The Kier molecular flexibility index (Phi) is 4.71. The lowest BCUT2D eigenvalue weighted by Crippen LogP contribution is -2.19. The largest absolute Gasteiger partial charge is 0.308 e. The monoisotopic (exact) mass is 386 g/mol. The molecule has 100 valence electrons. The quantitative estimate of drug-likeness (QED) is 0.846. The molecule has 1 N–H and O–H groups in total. The number of nitrogens with zero attached hydrogens (tertiary/aromatic N) is 1. The Morgan fingerprint density at radius 3 is 2.58 bits per heavy atom. The van der Waals surface area contributed by atoms with Gasteiger partial charge in [0.25, 0.3) is 0 Å². The van der Waals surface area contributed by atoms with E-state index in [0.29, 0.717) is 5.56 Å². The zero-order valence-electron chi connectivity index (χ0n) is 10.5. The first-order chi connectivity index (χ1) is 9.02. The number of aromatic nitrogens is 1. The van der Waals surface area contributed by atoms with Gasteiger partial charge in [-0.1, -0.05) is 12.1 Å². The van der Waals surface area contributed by atoms with Gasteiger partial charge in [0.2, 0.25) is 0 Å². The molecule has 0 amide bonds. The molecule has 0 saturated carbocycles. The Bertz CT molecular complexity index is 602. The molecule has 0 aliphatic heterocycles. The molecule has 2 nitrogen and oxygen atoms in total. The van der Waals surface area contributed by atoms with E-state index in [1.807, 2.05) is 19.2 Å². The van der Waals surface area contributed by atoms with Crippen molar-refractivity contribution in [3.8, 4) is 0 Å². The number of nitrogens with one attached hydrogen (secondary N) is 1. The lowest BCUT2D eigenvalue weighted by Gasteiger charge is -2.18. The molecule has 1 unspecified atom stereocenters. The topological polar surface area (TPSA) is 24.9 Å². The van der Waals surface area contributed by atoms with Crippen LogP contribution in [-0.2, 0) is 0 Å². The van der Waals surface area contributed by atoms with E-state index in [1.54, 1.807) is 25.3 Å². The molecule has 1 atom stereocenters. The van der Waals surface area contributed by atoms with Crippen LogP contribution in [-0.4, -0.2) is 12.0 Å². The predicted molar refractivity (Wildman–Crippen MR) is 81.7 cm³/mol. The van der Waals surface area contributed by atoms with Gasteiger partial charge < -0.3 is 5.32 Å². The summed E-state index contributed by atoms with van der Waals surface area (Å²) in [5.41, 5.74) is 2.32. The summed E-state index contributed by atoms with van der Waals surface area (Å²) in [5, 5.41) is 3.17. The Morgan fingerprint density at radius 2 is 2.00 bits per heavy atom. The van der Waals surface area contributed by atoms with Crippen LogP contribution in [0.25, 0.3) is 0 Å². The van der Waals surface area contributed by atoms with Crippen LogP contribution in [0.5, 0.6) is 0 Å². The summed E-state index contributed by atoms with van der Waals surface area (Å²) in [6.07, 6.45) is 1.73. The maximum absolute atomic E-state index is 13.7. The standard InChI is InChI=1S/C14H13Br2FN2/c1-8-3-4-9(5-12(8)17)13(18-2)14-11(16)6-10(15)7-19-14/h3-7,13,18H,1-2H3. The van der Waals surface area contributed by atoms with Gasteiger partial charge in [-0.2, -0.15) is 0 Å². The SMILES string of the molecule is CNC(c1ccc(C)c(F)c1)c1ncc(Br)cc1Br. The fraction of sp³-hybridized carbons (Fsp3) is 0.214. The lowest BCUT2D eigenvalue weighted by atomic mass is 10.0. The van der Waals surface area contributed by atoms with Crippen LogP contribution in [0.4, 0.5) is 4.39 Å². The summed E-state index contributed by atoms with van der Waals surface area (Å²) < 4.78 is 15.5. The van der Waals surface area contributed by atoms with Crippen LogP contribution in [0.2, 0.25) is 0 Å². The second-order valence-electron chi connectivity index (χ2n) is 4.25. The predicted octanol–water partition coefficient (Wildman–Crippen LogP) is 4.36. The van der Waals surface area contributed by atoms with Crippen molar-refractivity contribution in [3.05, 3.63) is 62.0 Å². The number of hydrogen-bond acceptors (Lipinski definition) is 2. The highest BCUT2D eigenvalue weighted by Gasteiger charge is 2.17. The molecule has 2 aromatic rings. The summed E-state index contributed by atoms with van der Waals surface area (Å²) in [4.78, 5) is 4.40. The van der Waals surface area contributed by atoms with Crippen molar-refractivity contribution in [2.75, 3.05) is 7.05 Å². The highest BCUT2D eigenvalue weighted by molar-refractivity contribution is 9.11. The van der Waals surface area contributed by atoms with Crippen LogP contribution in [0.1, 0.15) is 22.9 Å². The van der Waals surface area contributed by atoms with Gasteiger partial charge in [0.05, 0.1) is 11.7 Å². The van der Waals surface area contributed by atoms with E-state index >= 15 is 0 Å². The molecule has 0 saturated heterocycles. The Balaban J connectivity index is 2.46. The van der Waals surface area contributed by atoms with Crippen LogP contribution in [0.3, 0.4) is 0 Å². The van der Waals surface area contributed by atoms with Crippen molar-refractivity contribution in [2.45, 2.75) is 13.0 Å². The van der Waals surface area contributed by atoms with Crippen molar-refractivity contribution in [1.82, 2.24) is 10.3 Å². The van der Waals surface area contributed by atoms with Gasteiger partial charge >= 0.3 is 0 Å². The first-order valence-electron chi connectivity index (χ1n) is 5.77. The highest BCUT2D eigenvalue weighted by Crippen LogP contribution is 2.29. The molecular formula is C14H13Br2FN2. The molecule has 0 bridgehead atoms. The molecule has 5 heteroatoms. The van der Waals surface area contributed by atoms with Gasteiger partial charge in [0.1, 0.15) is 5.82 Å². The summed E-state index contributed by atoms with van der Waals surface area (Å²) in [6.45, 7) is 1.75. The lowest BCUT2D eigenvalue weighted by molar-refractivity contribution is 0.605. The van der Waals surface area contributed by atoms with E-state index in [9.17, 15) is 4.39 Å². The number of hydrogen-bond donors (Lipinski definition) is 1. The Morgan fingerprint density at radius 1 is 1.26 bits per heavy atom. The highest BCUT2D eigenvalue weighted by atomic mass is 79.9. The average Bonchev–Trinajstić information content (AvgIpc) is 2.37. The number of rotatable bonds is 3. The minimum absolute atomic E-state index is 0.155. The van der Waals surface area contributed by atoms with Gasteiger partial charge in [-0.25, -0.2) is 4.39 Å². The molecule has 1 heterocycles. The molecule has 0 radical (unpaired) electrons. The zero-order chi connectivity index (χ0) is 14.0. The fourth-order valence-electron chi connectivity index (χ4n) is 1.89. The second kappa shape index (κ2) is 6.11. The first kappa shape index (κ1) is 14.6. The summed E-state index contributed by atoms with van der Waals surface area (Å²) in [6, 6.07) is 7.01. The van der Waals surface area contributed by atoms with Crippen LogP contribution < -0.4 is 5.32 Å². The Labute approximate surface area is 128 Å². The van der Waals surface area contributed by atoms with Crippen molar-refractivity contribution >= 4 is 31.9 Å². The fourth-order valence-corrected chi connectivity index (χ4v) is 3.10. The summed E-state index contributed by atoms with van der Waals surface area (Å²) in [7, 11) is 1.83. The van der Waals surface area contributed by atoms with Gasteiger partial charge in [-0.3, -0.25) is 4.98 Å². The van der Waals surface area contributed by atoms with E-state index in [2.05, 4.69) is 42.2 Å². The van der Waals surface area contributed by atoms with Crippen molar-refractivity contribution in [3.63, 3.8) is 0 Å². The molecular weight excluding hydrogens is 375 g/mol. The van der Waals surface area contributed by atoms with Gasteiger partial charge in [0, 0.05) is 15.1 Å². The van der Waals surface area contributed by atoms with Gasteiger partial charge in [-0.05, 0) is 69.1 Å². The Hall–Kier alpha value is -0.780. The van der Waals surface area contributed by atoms with E-state index in [4.69, 9.17) is 0 Å². The number of benzene rings is 1. The van der Waals surface area contributed by atoms with Gasteiger partial charge in [-0.15, -0.1) is 0 Å². The molecule has 2 rings (SSSR count). The average molecular weight is 388 g/mol. The second-order valence-corrected chi connectivity index (χ2v) is 6.02. The van der Waals surface area contributed by atoms with Crippen LogP contribution in [0, 0.1) is 12.7 Å². The number of halogens is 3. The van der Waals surface area contributed by atoms with Crippen molar-refractivity contribution < 1.29 is 4.39 Å². The molecule has 0 fully saturated rings. The maximum atomic E-state index is 13.7. The minimum atomic E-state index is -0.203. The van der Waals surface area contributed by atoms with Gasteiger partial charge in [0.15, 0.2) is 0 Å². The smallest absolute Gasteiger partial charge is 0.126 e. The number of aryl methyl sites for hydroxylation is 1. The maximum Gasteiger partial charge on any atom is 0.126 e. The molecule has 0 spiro atoms. The third-order valence-corrected chi connectivity index (χ3v) is 4.00. The van der Waals surface area contributed by atoms with E-state index in [0.717, 1.165) is 20.2 Å². The molecule has 0 aliphatic rings. The molecule has 1 aromatic carbocycles. The van der Waals surface area contributed by atoms with E-state index in [1.165, 1.54) is 0 Å². The molecule has 19 heavy (non-hydrogen) atoms. The van der Waals surface area contributed by atoms with E-state index in [-0.39, 0.29) is 11.9 Å². The third-order valence-electron chi connectivity index (χ3n) is 2.93. The van der Waals surface area contributed by atoms with Crippen molar-refractivity contribution in [1.29, 1.82) is 0 Å². The first-order valence-corrected chi connectivity index (χ1v) is 7.35. The van der Waals surface area contributed by atoms with Crippen LogP contribution >= 0.6 is 31.9 Å². The summed E-state index contributed by atoms with van der Waals surface area (Å²) in [5.74, 6) is -0.203. The van der Waals surface area contributed by atoms with Crippen LogP contribution in [0.15, 0.2) is 39.4 Å². The third kappa shape index (κ3) is 3.22. The molecule has 1 aromatic heterocycles. The normalized spacial score (nSPS) is 12.5. The minimum Gasteiger partial charge on any atom is -0.308 e.